The predicted molar refractivity (Wildman–Crippen MR) is 76.3 cm³/mol. The van der Waals surface area contributed by atoms with Crippen LogP contribution < -0.4 is 11.5 Å². The lowest BCUT2D eigenvalue weighted by molar-refractivity contribution is -0.141. The number of carboxylic acids is 1. The standard InChI is InChI=1S/C13H22N4O4/c14-9(12(20)21)5-4-8-16-13(15)17-10(18)6-2-1-3-7-11(17)19/h9H,1-8,14H2,(H2,15,16)(H,20,21). The first-order chi connectivity index (χ1) is 9.93. The molecule has 8 heteroatoms. The highest BCUT2D eigenvalue weighted by Crippen LogP contribution is 2.12. The van der Waals surface area contributed by atoms with Crippen LogP contribution in [0, 0.1) is 0 Å². The zero-order valence-corrected chi connectivity index (χ0v) is 12.0. The predicted octanol–water partition coefficient (Wildman–Crippen LogP) is -0.187. The quantitative estimate of drug-likeness (QED) is 0.278. The summed E-state index contributed by atoms with van der Waals surface area (Å²) in [5, 5.41) is 8.64. The number of carbonyl (C=O) groups is 3. The van der Waals surface area contributed by atoms with Crippen LogP contribution >= 0.6 is 0 Å². The second-order valence-electron chi connectivity index (χ2n) is 5.01. The fourth-order valence-electron chi connectivity index (χ4n) is 2.05. The lowest BCUT2D eigenvalue weighted by atomic mass is 10.1. The van der Waals surface area contributed by atoms with Gasteiger partial charge >= 0.3 is 5.97 Å². The zero-order valence-electron chi connectivity index (χ0n) is 12.0. The Bertz CT molecular complexity index is 418. The second-order valence-corrected chi connectivity index (χ2v) is 5.01. The Kier molecular flexibility index (Phi) is 6.80. The molecule has 21 heavy (non-hydrogen) atoms. The lowest BCUT2D eigenvalue weighted by Gasteiger charge is -2.22. The highest BCUT2D eigenvalue weighted by atomic mass is 16.4. The van der Waals surface area contributed by atoms with E-state index in [2.05, 4.69) is 4.99 Å². The summed E-state index contributed by atoms with van der Waals surface area (Å²) in [6, 6.07) is -0.939. The van der Waals surface area contributed by atoms with Crippen LogP contribution in [-0.2, 0) is 14.4 Å². The summed E-state index contributed by atoms with van der Waals surface area (Å²) in [5.41, 5.74) is 11.1. The SMILES string of the molecule is NC(=NCCCC(N)C(=O)O)N1C(=O)CCCCCC1=O. The number of hydrogen-bond acceptors (Lipinski definition) is 5. The maximum atomic E-state index is 11.9. The molecule has 1 fully saturated rings. The van der Waals surface area contributed by atoms with E-state index in [1.807, 2.05) is 0 Å². The number of aliphatic imine (C=N–C) groups is 1. The van der Waals surface area contributed by atoms with Crippen LogP contribution in [0.15, 0.2) is 4.99 Å². The van der Waals surface area contributed by atoms with Gasteiger partial charge in [0.05, 0.1) is 0 Å². The molecule has 1 unspecified atom stereocenters. The molecule has 5 N–H and O–H groups in total. The molecular formula is C13H22N4O4. The van der Waals surface area contributed by atoms with Gasteiger partial charge < -0.3 is 16.6 Å². The lowest BCUT2D eigenvalue weighted by Crippen LogP contribution is -2.46. The molecule has 0 aromatic carbocycles. The fourth-order valence-corrected chi connectivity index (χ4v) is 2.05. The molecule has 1 heterocycles. The molecule has 0 radical (unpaired) electrons. The van der Waals surface area contributed by atoms with Gasteiger partial charge in [-0.15, -0.1) is 0 Å². The summed E-state index contributed by atoms with van der Waals surface area (Å²) in [7, 11) is 0. The van der Waals surface area contributed by atoms with E-state index >= 15 is 0 Å². The van der Waals surface area contributed by atoms with E-state index in [0.717, 1.165) is 24.2 Å². The number of imide groups is 1. The van der Waals surface area contributed by atoms with Crippen molar-refractivity contribution in [2.75, 3.05) is 6.54 Å². The number of carbonyl (C=O) groups excluding carboxylic acids is 2. The Hall–Kier alpha value is -1.96. The number of guanidine groups is 1. The van der Waals surface area contributed by atoms with Crippen molar-refractivity contribution in [3.63, 3.8) is 0 Å². The first-order valence-electron chi connectivity index (χ1n) is 7.07. The maximum Gasteiger partial charge on any atom is 0.320 e. The zero-order chi connectivity index (χ0) is 15.8. The highest BCUT2D eigenvalue weighted by Gasteiger charge is 2.25. The Labute approximate surface area is 123 Å². The van der Waals surface area contributed by atoms with Gasteiger partial charge in [-0.05, 0) is 25.7 Å². The van der Waals surface area contributed by atoms with Gasteiger partial charge in [0, 0.05) is 19.4 Å². The van der Waals surface area contributed by atoms with Crippen LogP contribution in [-0.4, -0.2) is 46.3 Å². The van der Waals surface area contributed by atoms with E-state index in [1.165, 1.54) is 0 Å². The van der Waals surface area contributed by atoms with Gasteiger partial charge in [0.1, 0.15) is 6.04 Å². The summed E-state index contributed by atoms with van der Waals surface area (Å²) in [5.74, 6) is -1.84. The average molecular weight is 298 g/mol. The molecule has 0 spiro atoms. The van der Waals surface area contributed by atoms with E-state index in [-0.39, 0.29) is 43.6 Å². The molecule has 1 atom stereocenters. The Morgan fingerprint density at radius 1 is 1.24 bits per heavy atom. The molecule has 118 valence electrons. The van der Waals surface area contributed by atoms with Gasteiger partial charge in [0.15, 0.2) is 0 Å². The van der Waals surface area contributed by atoms with Crippen LogP contribution in [0.3, 0.4) is 0 Å². The monoisotopic (exact) mass is 298 g/mol. The van der Waals surface area contributed by atoms with Crippen LogP contribution in [0.25, 0.3) is 0 Å². The fraction of sp³-hybridized carbons (Fsp3) is 0.692. The van der Waals surface area contributed by atoms with Crippen LogP contribution in [0.4, 0.5) is 0 Å². The molecule has 0 aliphatic carbocycles. The van der Waals surface area contributed by atoms with Crippen molar-refractivity contribution >= 4 is 23.7 Å². The minimum atomic E-state index is -1.07. The van der Waals surface area contributed by atoms with Gasteiger partial charge in [-0.3, -0.25) is 19.4 Å². The molecule has 1 aliphatic rings. The Morgan fingerprint density at radius 2 is 1.81 bits per heavy atom. The minimum Gasteiger partial charge on any atom is -0.480 e. The number of likely N-dealkylation sites (tertiary alicyclic amines) is 1. The van der Waals surface area contributed by atoms with Crippen molar-refractivity contribution in [1.29, 1.82) is 0 Å². The van der Waals surface area contributed by atoms with E-state index < -0.39 is 12.0 Å². The van der Waals surface area contributed by atoms with Gasteiger partial charge in [-0.25, -0.2) is 4.90 Å². The van der Waals surface area contributed by atoms with E-state index in [0.29, 0.717) is 6.42 Å². The number of rotatable bonds is 5. The van der Waals surface area contributed by atoms with Gasteiger partial charge in [-0.2, -0.15) is 0 Å². The first kappa shape index (κ1) is 17.1. The average Bonchev–Trinajstić information content (AvgIpc) is 2.41. The van der Waals surface area contributed by atoms with Crippen molar-refractivity contribution < 1.29 is 19.5 Å². The highest BCUT2D eigenvalue weighted by molar-refractivity contribution is 6.11. The van der Waals surface area contributed by atoms with Crippen molar-refractivity contribution in [3.8, 4) is 0 Å². The third-order valence-electron chi connectivity index (χ3n) is 3.27. The summed E-state index contributed by atoms with van der Waals surface area (Å²) in [4.78, 5) is 39.3. The number of nitrogens with zero attached hydrogens (tertiary/aromatic N) is 2. The molecule has 8 nitrogen and oxygen atoms in total. The molecule has 0 bridgehead atoms. The number of nitrogens with two attached hydrogens (primary N) is 2. The largest absolute Gasteiger partial charge is 0.480 e. The van der Waals surface area contributed by atoms with Gasteiger partial charge in [0.25, 0.3) is 0 Å². The van der Waals surface area contributed by atoms with Crippen molar-refractivity contribution in [2.24, 2.45) is 16.5 Å². The van der Waals surface area contributed by atoms with Crippen molar-refractivity contribution in [1.82, 2.24) is 4.90 Å². The molecule has 1 rings (SSSR count). The summed E-state index contributed by atoms with van der Waals surface area (Å²) >= 11 is 0. The molecule has 1 saturated heterocycles. The van der Waals surface area contributed by atoms with Crippen molar-refractivity contribution in [2.45, 2.75) is 51.0 Å². The minimum absolute atomic E-state index is 0.115. The van der Waals surface area contributed by atoms with Crippen molar-refractivity contribution in [3.05, 3.63) is 0 Å². The topological polar surface area (TPSA) is 139 Å². The molecule has 1 aliphatic heterocycles. The van der Waals surface area contributed by atoms with Gasteiger partial charge in [0.2, 0.25) is 17.8 Å². The third kappa shape index (κ3) is 5.50. The number of hydrogen-bond donors (Lipinski definition) is 3. The molecule has 2 amide bonds. The summed E-state index contributed by atoms with van der Waals surface area (Å²) < 4.78 is 0. The third-order valence-corrected chi connectivity index (χ3v) is 3.27. The van der Waals surface area contributed by atoms with Crippen LogP contribution in [0.1, 0.15) is 44.9 Å². The summed E-state index contributed by atoms with van der Waals surface area (Å²) in [6.45, 7) is 0.226. The number of carboxylic acid groups (broad SMARTS) is 1. The first-order valence-corrected chi connectivity index (χ1v) is 7.07. The Morgan fingerprint density at radius 3 is 2.33 bits per heavy atom. The maximum absolute atomic E-state index is 11.9. The van der Waals surface area contributed by atoms with E-state index in [1.54, 1.807) is 0 Å². The molecule has 0 aromatic heterocycles. The van der Waals surface area contributed by atoms with E-state index in [9.17, 15) is 14.4 Å². The van der Waals surface area contributed by atoms with Gasteiger partial charge in [-0.1, -0.05) is 6.42 Å². The number of aliphatic carboxylic acids is 1. The molecule has 0 saturated carbocycles. The smallest absolute Gasteiger partial charge is 0.320 e. The van der Waals surface area contributed by atoms with Crippen LogP contribution in [0.5, 0.6) is 0 Å². The van der Waals surface area contributed by atoms with Crippen LogP contribution in [0.2, 0.25) is 0 Å². The normalized spacial score (nSPS) is 19.1. The number of amides is 2. The Balaban J connectivity index is 2.55. The van der Waals surface area contributed by atoms with E-state index in [4.69, 9.17) is 16.6 Å². The molecular weight excluding hydrogens is 276 g/mol. The second kappa shape index (κ2) is 8.35. The summed E-state index contributed by atoms with van der Waals surface area (Å²) in [6.07, 6.45) is 3.58. The molecule has 0 aromatic rings.